The van der Waals surface area contributed by atoms with Crippen LogP contribution in [-0.4, -0.2) is 40.4 Å². The number of aliphatic hydroxyl groups excluding tert-OH is 1. The average Bonchev–Trinajstić information content (AvgIpc) is 3.02. The number of hydrogen-bond acceptors (Lipinski definition) is 4. The molecule has 1 unspecified atom stereocenters. The predicted molar refractivity (Wildman–Crippen MR) is 80.3 cm³/mol. The van der Waals surface area contributed by atoms with Crippen LogP contribution in [0.4, 0.5) is 0 Å². The SMILES string of the molecule is CCN1CCc2c(cc(CO)c(=O)n2CC2CCCO2)C1. The van der Waals surface area contributed by atoms with Gasteiger partial charge >= 0.3 is 0 Å². The van der Waals surface area contributed by atoms with Crippen molar-refractivity contribution in [3.8, 4) is 0 Å². The fraction of sp³-hybridized carbons (Fsp3) is 0.688. The molecule has 2 aliphatic heterocycles. The number of pyridine rings is 1. The van der Waals surface area contributed by atoms with E-state index in [1.807, 2.05) is 10.6 Å². The summed E-state index contributed by atoms with van der Waals surface area (Å²) in [6, 6.07) is 1.89. The topological polar surface area (TPSA) is 54.7 Å². The quantitative estimate of drug-likeness (QED) is 0.896. The smallest absolute Gasteiger partial charge is 0.256 e. The highest BCUT2D eigenvalue weighted by Gasteiger charge is 2.24. The van der Waals surface area contributed by atoms with Gasteiger partial charge in [0, 0.05) is 37.4 Å². The number of hydrogen-bond donors (Lipinski definition) is 1. The van der Waals surface area contributed by atoms with Gasteiger partial charge in [-0.25, -0.2) is 0 Å². The molecule has 1 atom stereocenters. The lowest BCUT2D eigenvalue weighted by Crippen LogP contribution is -2.38. The molecule has 1 saturated heterocycles. The second-order valence-corrected chi connectivity index (χ2v) is 5.97. The highest BCUT2D eigenvalue weighted by molar-refractivity contribution is 5.29. The van der Waals surface area contributed by atoms with E-state index in [4.69, 9.17) is 4.74 Å². The van der Waals surface area contributed by atoms with Gasteiger partial charge in [-0.3, -0.25) is 9.69 Å². The third-order valence-electron chi connectivity index (χ3n) is 4.65. The summed E-state index contributed by atoms with van der Waals surface area (Å²) < 4.78 is 7.55. The number of fused-ring (bicyclic) bond motifs is 1. The Bertz CT molecular complexity index is 561. The molecule has 0 radical (unpaired) electrons. The summed E-state index contributed by atoms with van der Waals surface area (Å²) >= 11 is 0. The Kier molecular flexibility index (Phi) is 4.42. The molecule has 5 nitrogen and oxygen atoms in total. The summed E-state index contributed by atoms with van der Waals surface area (Å²) in [5.41, 5.74) is 2.78. The summed E-state index contributed by atoms with van der Waals surface area (Å²) in [6.45, 7) is 6.26. The van der Waals surface area contributed by atoms with Crippen LogP contribution >= 0.6 is 0 Å². The minimum absolute atomic E-state index is 0.0447. The molecule has 116 valence electrons. The maximum Gasteiger partial charge on any atom is 0.256 e. The summed E-state index contributed by atoms with van der Waals surface area (Å²) in [7, 11) is 0. The van der Waals surface area contributed by atoms with Gasteiger partial charge in [-0.2, -0.15) is 0 Å². The van der Waals surface area contributed by atoms with Gasteiger partial charge in [0.1, 0.15) is 0 Å². The molecule has 1 aromatic heterocycles. The Morgan fingerprint density at radius 2 is 2.33 bits per heavy atom. The largest absolute Gasteiger partial charge is 0.391 e. The van der Waals surface area contributed by atoms with E-state index in [2.05, 4.69) is 11.8 Å². The molecule has 21 heavy (non-hydrogen) atoms. The summed E-state index contributed by atoms with van der Waals surface area (Å²) in [5, 5.41) is 9.47. The molecule has 0 aromatic carbocycles. The number of ether oxygens (including phenoxy) is 1. The Labute approximate surface area is 125 Å². The molecule has 0 spiro atoms. The number of likely N-dealkylation sites (N-methyl/N-ethyl adjacent to an activating group) is 1. The van der Waals surface area contributed by atoms with Crippen LogP contribution in [0, 0.1) is 0 Å². The van der Waals surface area contributed by atoms with Crippen molar-refractivity contribution in [1.82, 2.24) is 9.47 Å². The van der Waals surface area contributed by atoms with Crippen molar-refractivity contribution in [1.29, 1.82) is 0 Å². The number of nitrogens with zero attached hydrogens (tertiary/aromatic N) is 2. The van der Waals surface area contributed by atoms with Crippen molar-refractivity contribution >= 4 is 0 Å². The Morgan fingerprint density at radius 1 is 1.48 bits per heavy atom. The fourth-order valence-electron chi connectivity index (χ4n) is 3.41. The zero-order valence-corrected chi connectivity index (χ0v) is 12.7. The zero-order valence-electron chi connectivity index (χ0n) is 12.7. The van der Waals surface area contributed by atoms with E-state index in [1.165, 1.54) is 5.56 Å². The van der Waals surface area contributed by atoms with Crippen LogP contribution in [0.1, 0.15) is 36.6 Å². The molecule has 1 N–H and O–H groups in total. The van der Waals surface area contributed by atoms with Crippen LogP contribution in [0.3, 0.4) is 0 Å². The molecule has 5 heteroatoms. The lowest BCUT2D eigenvalue weighted by atomic mass is 10.0. The van der Waals surface area contributed by atoms with Crippen molar-refractivity contribution in [2.24, 2.45) is 0 Å². The van der Waals surface area contributed by atoms with Crippen molar-refractivity contribution < 1.29 is 9.84 Å². The highest BCUT2D eigenvalue weighted by Crippen LogP contribution is 2.21. The molecule has 0 aliphatic carbocycles. The molecular weight excluding hydrogens is 268 g/mol. The maximum absolute atomic E-state index is 12.5. The van der Waals surface area contributed by atoms with Crippen LogP contribution < -0.4 is 5.56 Å². The van der Waals surface area contributed by atoms with E-state index in [1.54, 1.807) is 0 Å². The fourth-order valence-corrected chi connectivity index (χ4v) is 3.41. The minimum atomic E-state index is -0.191. The Morgan fingerprint density at radius 3 is 3.00 bits per heavy atom. The minimum Gasteiger partial charge on any atom is -0.391 e. The Balaban J connectivity index is 1.98. The first-order valence-corrected chi connectivity index (χ1v) is 7.92. The lowest BCUT2D eigenvalue weighted by molar-refractivity contribution is 0.0945. The van der Waals surface area contributed by atoms with Gasteiger partial charge in [0.05, 0.1) is 19.3 Å². The number of aliphatic hydroxyl groups is 1. The van der Waals surface area contributed by atoms with Gasteiger partial charge in [-0.1, -0.05) is 6.92 Å². The maximum atomic E-state index is 12.5. The van der Waals surface area contributed by atoms with E-state index in [-0.39, 0.29) is 18.3 Å². The molecule has 0 saturated carbocycles. The van der Waals surface area contributed by atoms with Gasteiger partial charge in [0.25, 0.3) is 5.56 Å². The van der Waals surface area contributed by atoms with Crippen molar-refractivity contribution in [2.45, 2.75) is 52.0 Å². The van der Waals surface area contributed by atoms with E-state index in [9.17, 15) is 9.90 Å². The molecule has 0 amide bonds. The second kappa shape index (κ2) is 6.30. The second-order valence-electron chi connectivity index (χ2n) is 5.97. The zero-order chi connectivity index (χ0) is 14.8. The standard InChI is InChI=1S/C16H24N2O3/c1-2-17-6-5-15-12(9-17)8-13(11-19)16(20)18(15)10-14-4-3-7-21-14/h8,14,19H,2-7,9-11H2,1H3. The van der Waals surface area contributed by atoms with E-state index < -0.39 is 0 Å². The molecular formula is C16H24N2O3. The molecule has 1 aromatic rings. The van der Waals surface area contributed by atoms with Gasteiger partial charge in [0.2, 0.25) is 0 Å². The van der Waals surface area contributed by atoms with Gasteiger partial charge in [-0.05, 0) is 31.0 Å². The predicted octanol–water partition coefficient (Wildman–Crippen LogP) is 0.898. The van der Waals surface area contributed by atoms with Crippen LogP contribution in [0.5, 0.6) is 0 Å². The first-order chi connectivity index (χ1) is 10.2. The van der Waals surface area contributed by atoms with E-state index in [0.29, 0.717) is 12.1 Å². The van der Waals surface area contributed by atoms with Gasteiger partial charge < -0.3 is 14.4 Å². The molecule has 0 bridgehead atoms. The van der Waals surface area contributed by atoms with Gasteiger partial charge in [-0.15, -0.1) is 0 Å². The van der Waals surface area contributed by atoms with Crippen molar-refractivity contribution in [2.75, 3.05) is 19.7 Å². The molecule has 1 fully saturated rings. The number of rotatable bonds is 4. The monoisotopic (exact) mass is 292 g/mol. The van der Waals surface area contributed by atoms with Crippen molar-refractivity contribution in [3.63, 3.8) is 0 Å². The molecule has 2 aliphatic rings. The molecule has 3 rings (SSSR count). The Hall–Kier alpha value is -1.17. The number of aromatic nitrogens is 1. The normalized spacial score (nSPS) is 22.5. The van der Waals surface area contributed by atoms with Gasteiger partial charge in [0.15, 0.2) is 0 Å². The van der Waals surface area contributed by atoms with Crippen LogP contribution in [-0.2, 0) is 30.9 Å². The summed E-state index contributed by atoms with van der Waals surface area (Å²) in [5.74, 6) is 0. The van der Waals surface area contributed by atoms with Crippen molar-refractivity contribution in [3.05, 3.63) is 33.2 Å². The first-order valence-electron chi connectivity index (χ1n) is 7.92. The lowest BCUT2D eigenvalue weighted by Gasteiger charge is -2.30. The summed E-state index contributed by atoms with van der Waals surface area (Å²) in [6.07, 6.45) is 3.14. The first kappa shape index (κ1) is 14.8. The van der Waals surface area contributed by atoms with Crippen LogP contribution in [0.25, 0.3) is 0 Å². The van der Waals surface area contributed by atoms with E-state index in [0.717, 1.165) is 51.2 Å². The third kappa shape index (κ3) is 2.91. The third-order valence-corrected chi connectivity index (χ3v) is 4.65. The van der Waals surface area contributed by atoms with Crippen LogP contribution in [0.15, 0.2) is 10.9 Å². The molecule has 3 heterocycles. The van der Waals surface area contributed by atoms with Crippen LogP contribution in [0.2, 0.25) is 0 Å². The van der Waals surface area contributed by atoms with E-state index >= 15 is 0 Å². The highest BCUT2D eigenvalue weighted by atomic mass is 16.5. The summed E-state index contributed by atoms with van der Waals surface area (Å²) in [4.78, 5) is 14.9. The average molecular weight is 292 g/mol.